The number of carbonyl (C=O) groups excluding carboxylic acids is 4. The summed E-state index contributed by atoms with van der Waals surface area (Å²) in [6, 6.07) is 0. The Morgan fingerprint density at radius 1 is 0.371 bits per heavy atom. The van der Waals surface area contributed by atoms with E-state index in [1.54, 1.807) is 0 Å². The molecule has 0 unspecified atom stereocenters. The molecule has 0 saturated carbocycles. The average Bonchev–Trinajstić information content (AvgIpc) is 3.24. The van der Waals surface area contributed by atoms with Gasteiger partial charge in [0.1, 0.15) is 25.4 Å². The van der Waals surface area contributed by atoms with Gasteiger partial charge in [0.2, 0.25) is 23.6 Å². The molecule has 4 amide bonds. The minimum absolute atomic E-state index is 0.0789. The lowest BCUT2D eigenvalue weighted by Gasteiger charge is -2.37. The van der Waals surface area contributed by atoms with Gasteiger partial charge in [-0.1, -0.05) is 178 Å². The van der Waals surface area contributed by atoms with Crippen LogP contribution in [0, 0.1) is 5.41 Å². The van der Waals surface area contributed by atoms with E-state index in [-0.39, 0.29) is 63.3 Å². The first-order valence-electron chi connectivity index (χ1n) is 25.7. The van der Waals surface area contributed by atoms with Crippen LogP contribution in [0.25, 0.3) is 0 Å². The molecule has 366 valence electrons. The fraction of sp³-hybridized carbons (Fsp3) is 0.922. The molecule has 0 aliphatic carbocycles. The minimum atomic E-state index is -1.27. The Morgan fingerprint density at radius 3 is 0.790 bits per heavy atom. The Labute approximate surface area is 382 Å². The predicted molar refractivity (Wildman–Crippen MR) is 257 cm³/mol. The maximum Gasteiger partial charge on any atom is 0.248 e. The molecule has 0 rings (SSSR count). The summed E-state index contributed by atoms with van der Waals surface area (Å²) in [7, 11) is 0. The van der Waals surface area contributed by atoms with Gasteiger partial charge in [-0.2, -0.15) is 0 Å². The quantitative estimate of drug-likeness (QED) is 0.0606. The summed E-state index contributed by atoms with van der Waals surface area (Å²) in [6.45, 7) is 22.1. The maximum atomic E-state index is 13.8. The lowest BCUT2D eigenvalue weighted by atomic mass is 9.92. The van der Waals surface area contributed by atoms with E-state index >= 15 is 0 Å². The van der Waals surface area contributed by atoms with Crippen LogP contribution in [-0.2, 0) is 33.4 Å². The largest absolute Gasteiger partial charge is 0.369 e. The van der Waals surface area contributed by atoms with E-state index in [4.69, 9.17) is 14.2 Å². The summed E-state index contributed by atoms with van der Waals surface area (Å²) in [5, 5.41) is 3.18. The zero-order chi connectivity index (χ0) is 46.3. The number of unbranched alkanes of at least 4 members (excludes halogenated alkanes) is 18. The molecular weight excluding hydrogens is 781 g/mol. The minimum Gasteiger partial charge on any atom is -0.369 e. The second-order valence-electron chi connectivity index (χ2n) is 19.0. The molecule has 0 saturated heterocycles. The summed E-state index contributed by atoms with van der Waals surface area (Å²) >= 11 is 0. The molecule has 0 atom stereocenters. The third-order valence-corrected chi connectivity index (χ3v) is 11.6. The number of ether oxygens (including phenoxy) is 3. The van der Waals surface area contributed by atoms with E-state index in [0.717, 1.165) is 154 Å². The maximum absolute atomic E-state index is 13.8. The first-order chi connectivity index (χ1) is 29.8. The second kappa shape index (κ2) is 39.2. The summed E-state index contributed by atoms with van der Waals surface area (Å²) in [5.74, 6) is -0.479. The molecule has 0 aromatic carbocycles. The van der Waals surface area contributed by atoms with E-state index < -0.39 is 11.0 Å². The molecule has 0 heterocycles. The first kappa shape index (κ1) is 59.8. The van der Waals surface area contributed by atoms with Crippen LogP contribution in [0.3, 0.4) is 0 Å². The van der Waals surface area contributed by atoms with Crippen molar-refractivity contribution >= 4 is 23.6 Å². The lowest BCUT2D eigenvalue weighted by Crippen LogP contribution is -2.61. The smallest absolute Gasteiger partial charge is 0.248 e. The molecule has 0 aliphatic heterocycles. The van der Waals surface area contributed by atoms with Crippen LogP contribution in [0.5, 0.6) is 0 Å². The lowest BCUT2D eigenvalue weighted by molar-refractivity contribution is -0.144. The molecule has 11 nitrogen and oxygen atoms in total. The molecule has 1 N–H and O–H groups in total. The number of hydrogen-bond donors (Lipinski definition) is 1. The van der Waals surface area contributed by atoms with Crippen molar-refractivity contribution in [1.29, 1.82) is 0 Å². The average molecular weight is 881 g/mol. The van der Waals surface area contributed by atoms with Crippen LogP contribution < -0.4 is 5.32 Å². The summed E-state index contributed by atoms with van der Waals surface area (Å²) in [6.07, 6.45) is 25.8. The monoisotopic (exact) mass is 881 g/mol. The number of carbonyl (C=O) groups is 4. The van der Waals surface area contributed by atoms with E-state index in [1.165, 1.54) is 0 Å². The van der Waals surface area contributed by atoms with Crippen molar-refractivity contribution < 1.29 is 33.4 Å². The summed E-state index contributed by atoms with van der Waals surface area (Å²) < 4.78 is 18.8. The normalized spacial score (nSPS) is 11.8. The van der Waals surface area contributed by atoms with Gasteiger partial charge in [0.15, 0.2) is 0 Å². The van der Waals surface area contributed by atoms with Crippen molar-refractivity contribution in [1.82, 2.24) is 20.0 Å². The van der Waals surface area contributed by atoms with Crippen LogP contribution >= 0.6 is 0 Å². The number of hydrogen-bond acceptors (Lipinski definition) is 7. The fourth-order valence-corrected chi connectivity index (χ4v) is 7.40. The highest BCUT2D eigenvalue weighted by molar-refractivity contribution is 5.82. The highest BCUT2D eigenvalue weighted by atomic mass is 16.5. The molecular formula is C51H100N4O7. The Bertz CT molecular complexity index is 966. The Morgan fingerprint density at radius 2 is 0.597 bits per heavy atom. The van der Waals surface area contributed by atoms with Gasteiger partial charge in [0.05, 0.1) is 19.8 Å². The topological polar surface area (TPSA) is 118 Å². The molecule has 0 radical (unpaired) electrons. The SMILES string of the molecule is CCCCCCN(CCCCCC)C(=O)COCC(COCC(=O)N(CCCCCC)CCCCCC)(COCC(=O)N(CCCCCC)CCCCCC)NC(=O)C(C)(C)C. The van der Waals surface area contributed by atoms with Gasteiger partial charge in [-0.3, -0.25) is 19.2 Å². The van der Waals surface area contributed by atoms with Gasteiger partial charge >= 0.3 is 0 Å². The van der Waals surface area contributed by atoms with Crippen LogP contribution in [-0.4, -0.2) is 123 Å². The van der Waals surface area contributed by atoms with Crippen LogP contribution in [0.2, 0.25) is 0 Å². The third kappa shape index (κ3) is 30.8. The zero-order valence-corrected chi connectivity index (χ0v) is 42.2. The summed E-state index contributed by atoms with van der Waals surface area (Å²) in [5.41, 5.74) is -2.03. The van der Waals surface area contributed by atoms with Gasteiger partial charge in [0.25, 0.3) is 0 Å². The van der Waals surface area contributed by atoms with Crippen molar-refractivity contribution in [3.05, 3.63) is 0 Å². The number of nitrogens with zero attached hydrogens (tertiary/aromatic N) is 3. The number of nitrogens with one attached hydrogen (secondary N) is 1. The van der Waals surface area contributed by atoms with E-state index in [9.17, 15) is 19.2 Å². The van der Waals surface area contributed by atoms with Gasteiger partial charge in [0, 0.05) is 44.7 Å². The first-order valence-corrected chi connectivity index (χ1v) is 25.7. The summed E-state index contributed by atoms with van der Waals surface area (Å²) in [4.78, 5) is 60.9. The van der Waals surface area contributed by atoms with Gasteiger partial charge < -0.3 is 34.2 Å². The van der Waals surface area contributed by atoms with Crippen molar-refractivity contribution in [3.8, 4) is 0 Å². The standard InChI is InChI=1S/C51H100N4O7/c1-10-16-22-28-34-53(35-29-23-17-11-2)46(56)40-60-43-51(52-49(59)50(7,8)9,44-61-41-47(57)54(36-30-24-18-12-3)37-31-25-19-13-4)45-62-42-48(58)55(38-32-26-20-14-5)39-33-27-21-15-6/h10-45H2,1-9H3,(H,52,59). The van der Waals surface area contributed by atoms with Crippen LogP contribution in [0.15, 0.2) is 0 Å². The number of amides is 4. The molecule has 0 fully saturated rings. The molecule has 0 bridgehead atoms. The Hall–Kier alpha value is -2.24. The molecule has 11 heteroatoms. The molecule has 0 aliphatic rings. The van der Waals surface area contributed by atoms with Crippen molar-refractivity contribution in [3.63, 3.8) is 0 Å². The van der Waals surface area contributed by atoms with E-state index in [2.05, 4.69) is 46.9 Å². The predicted octanol–water partition coefficient (Wildman–Crippen LogP) is 10.9. The highest BCUT2D eigenvalue weighted by Gasteiger charge is 2.38. The molecule has 62 heavy (non-hydrogen) atoms. The zero-order valence-electron chi connectivity index (χ0n) is 42.2. The third-order valence-electron chi connectivity index (χ3n) is 11.6. The van der Waals surface area contributed by atoms with Crippen molar-refractivity contribution in [2.75, 3.05) is 78.9 Å². The van der Waals surface area contributed by atoms with Crippen molar-refractivity contribution in [2.24, 2.45) is 5.41 Å². The van der Waals surface area contributed by atoms with E-state index in [1.807, 2.05) is 35.5 Å². The fourth-order valence-electron chi connectivity index (χ4n) is 7.40. The van der Waals surface area contributed by atoms with E-state index in [0.29, 0.717) is 39.3 Å². The Kier molecular flexibility index (Phi) is 37.7. The number of rotatable bonds is 43. The van der Waals surface area contributed by atoms with Crippen LogP contribution in [0.4, 0.5) is 0 Å². The highest BCUT2D eigenvalue weighted by Crippen LogP contribution is 2.19. The van der Waals surface area contributed by atoms with Gasteiger partial charge in [-0.25, -0.2) is 0 Å². The Balaban J connectivity index is 6.44. The molecule has 0 aromatic heterocycles. The van der Waals surface area contributed by atoms with Gasteiger partial charge in [-0.05, 0) is 38.5 Å². The molecule has 0 spiro atoms. The molecule has 0 aromatic rings. The van der Waals surface area contributed by atoms with Crippen LogP contribution in [0.1, 0.15) is 216 Å². The second-order valence-corrected chi connectivity index (χ2v) is 19.0. The van der Waals surface area contributed by atoms with Crippen molar-refractivity contribution in [2.45, 2.75) is 222 Å². The van der Waals surface area contributed by atoms with Gasteiger partial charge in [-0.15, -0.1) is 0 Å².